The van der Waals surface area contributed by atoms with Crippen LogP contribution in [0.2, 0.25) is 0 Å². The van der Waals surface area contributed by atoms with Gasteiger partial charge in [0, 0.05) is 17.0 Å². The van der Waals surface area contributed by atoms with E-state index in [0.29, 0.717) is 17.2 Å². The second-order valence-electron chi connectivity index (χ2n) is 5.41. The van der Waals surface area contributed by atoms with Crippen LogP contribution in [0.15, 0.2) is 28.8 Å². The Morgan fingerprint density at radius 2 is 1.96 bits per heavy atom. The van der Waals surface area contributed by atoms with Gasteiger partial charge in [-0.2, -0.15) is 8.78 Å². The number of carbonyl (C=O) groups excluding carboxylic acids is 2. The molecule has 1 amide bonds. The Balaban J connectivity index is 1.68. The number of nitrogens with zero attached hydrogens (tertiary/aromatic N) is 1. The largest absolute Gasteiger partial charge is 0.455 e. The molecule has 1 heterocycles. The third kappa shape index (κ3) is 6.89. The van der Waals surface area contributed by atoms with Crippen LogP contribution in [0.5, 0.6) is 5.75 Å². The maximum atomic E-state index is 12.1. The second kappa shape index (κ2) is 9.91. The molecule has 0 saturated carbocycles. The minimum Gasteiger partial charge on any atom is -0.455 e. The first-order chi connectivity index (χ1) is 12.8. The number of halogens is 2. The molecule has 0 radical (unpaired) electrons. The lowest BCUT2D eigenvalue weighted by molar-refractivity contribution is -0.144. The summed E-state index contributed by atoms with van der Waals surface area (Å²) in [4.78, 5) is 23.5. The SMILES string of the molecule is Cc1noc(C)c1CSCC(=O)OCC(=O)Nc1ccc(OC(F)F)cc1. The van der Waals surface area contributed by atoms with Crippen molar-refractivity contribution in [2.24, 2.45) is 0 Å². The lowest BCUT2D eigenvalue weighted by Crippen LogP contribution is -2.21. The number of carbonyl (C=O) groups is 2. The molecule has 10 heteroatoms. The first-order valence-corrected chi connectivity index (χ1v) is 9.00. The number of alkyl halides is 2. The van der Waals surface area contributed by atoms with Crippen molar-refractivity contribution in [3.8, 4) is 5.75 Å². The summed E-state index contributed by atoms with van der Waals surface area (Å²) in [7, 11) is 0. The van der Waals surface area contributed by atoms with Gasteiger partial charge in [0.2, 0.25) is 0 Å². The van der Waals surface area contributed by atoms with Gasteiger partial charge in [0.25, 0.3) is 5.91 Å². The van der Waals surface area contributed by atoms with Crippen LogP contribution in [0.4, 0.5) is 14.5 Å². The number of hydrogen-bond acceptors (Lipinski definition) is 7. The van der Waals surface area contributed by atoms with Gasteiger partial charge < -0.3 is 19.3 Å². The fourth-order valence-electron chi connectivity index (χ4n) is 2.05. The monoisotopic (exact) mass is 400 g/mol. The molecule has 146 valence electrons. The van der Waals surface area contributed by atoms with Crippen molar-refractivity contribution in [2.45, 2.75) is 26.2 Å². The number of benzene rings is 1. The van der Waals surface area contributed by atoms with Crippen LogP contribution in [0, 0.1) is 13.8 Å². The van der Waals surface area contributed by atoms with E-state index in [0.717, 1.165) is 11.3 Å². The minimum absolute atomic E-state index is 0.0234. The van der Waals surface area contributed by atoms with Gasteiger partial charge in [-0.05, 0) is 38.1 Å². The van der Waals surface area contributed by atoms with Crippen LogP contribution >= 0.6 is 11.8 Å². The number of nitrogens with one attached hydrogen (secondary N) is 1. The molecular weight excluding hydrogens is 382 g/mol. The third-order valence-electron chi connectivity index (χ3n) is 3.38. The maximum absolute atomic E-state index is 12.1. The zero-order chi connectivity index (χ0) is 19.8. The summed E-state index contributed by atoms with van der Waals surface area (Å²) in [5.74, 6) is 0.249. The maximum Gasteiger partial charge on any atom is 0.387 e. The van der Waals surface area contributed by atoms with Gasteiger partial charge in [-0.15, -0.1) is 11.8 Å². The van der Waals surface area contributed by atoms with E-state index in [1.807, 2.05) is 6.92 Å². The second-order valence-corrected chi connectivity index (χ2v) is 6.39. The molecule has 0 spiro atoms. The molecule has 1 aromatic carbocycles. The zero-order valence-electron chi connectivity index (χ0n) is 14.7. The molecule has 2 rings (SSSR count). The van der Waals surface area contributed by atoms with E-state index in [1.165, 1.54) is 36.0 Å². The Hall–Kier alpha value is -2.62. The van der Waals surface area contributed by atoms with Crippen molar-refractivity contribution in [3.05, 3.63) is 41.3 Å². The molecule has 0 aliphatic rings. The van der Waals surface area contributed by atoms with Crippen LogP contribution < -0.4 is 10.1 Å². The summed E-state index contributed by atoms with van der Waals surface area (Å²) in [5, 5.41) is 6.31. The number of anilines is 1. The number of amides is 1. The topological polar surface area (TPSA) is 90.7 Å². The summed E-state index contributed by atoms with van der Waals surface area (Å²) in [6, 6.07) is 5.38. The molecule has 0 saturated heterocycles. The van der Waals surface area contributed by atoms with Crippen molar-refractivity contribution in [1.82, 2.24) is 5.16 Å². The molecular formula is C17H18F2N2O5S. The van der Waals surface area contributed by atoms with Crippen LogP contribution in [0.3, 0.4) is 0 Å². The van der Waals surface area contributed by atoms with Crippen molar-refractivity contribution in [1.29, 1.82) is 0 Å². The predicted octanol–water partition coefficient (Wildman–Crippen LogP) is 3.31. The highest BCUT2D eigenvalue weighted by molar-refractivity contribution is 7.99. The molecule has 0 unspecified atom stereocenters. The number of thioether (sulfide) groups is 1. The van der Waals surface area contributed by atoms with Gasteiger partial charge in [-0.3, -0.25) is 9.59 Å². The molecule has 0 aliphatic carbocycles. The van der Waals surface area contributed by atoms with Gasteiger partial charge in [0.15, 0.2) is 6.61 Å². The number of aryl methyl sites for hydroxylation is 2. The first kappa shape index (κ1) is 20.7. The minimum atomic E-state index is -2.92. The Labute approximate surface area is 158 Å². The Kier molecular flexibility index (Phi) is 7.59. The zero-order valence-corrected chi connectivity index (χ0v) is 15.5. The van der Waals surface area contributed by atoms with Gasteiger partial charge >= 0.3 is 12.6 Å². The molecule has 7 nitrogen and oxygen atoms in total. The van der Waals surface area contributed by atoms with E-state index in [4.69, 9.17) is 9.26 Å². The van der Waals surface area contributed by atoms with E-state index in [2.05, 4.69) is 15.2 Å². The van der Waals surface area contributed by atoms with Crippen LogP contribution in [0.25, 0.3) is 0 Å². The molecule has 1 N–H and O–H groups in total. The van der Waals surface area contributed by atoms with Gasteiger partial charge in [0.05, 0.1) is 11.4 Å². The number of rotatable bonds is 9. The summed E-state index contributed by atoms with van der Waals surface area (Å²) in [6.07, 6.45) is 0. The van der Waals surface area contributed by atoms with Gasteiger partial charge in [-0.1, -0.05) is 5.16 Å². The number of aromatic nitrogens is 1. The Morgan fingerprint density at radius 1 is 1.26 bits per heavy atom. The number of esters is 1. The summed E-state index contributed by atoms with van der Waals surface area (Å²) < 4.78 is 38.3. The van der Waals surface area contributed by atoms with Crippen LogP contribution in [-0.2, 0) is 20.1 Å². The molecule has 27 heavy (non-hydrogen) atoms. The fourth-order valence-corrected chi connectivity index (χ4v) is 3.02. The van der Waals surface area contributed by atoms with Crippen molar-refractivity contribution in [2.75, 3.05) is 17.7 Å². The highest BCUT2D eigenvalue weighted by Gasteiger charge is 2.12. The fraction of sp³-hybridized carbons (Fsp3) is 0.353. The van der Waals surface area contributed by atoms with E-state index in [9.17, 15) is 18.4 Å². The summed E-state index contributed by atoms with van der Waals surface area (Å²) in [6.45, 7) is 0.256. The number of hydrogen-bond donors (Lipinski definition) is 1. The molecule has 2 aromatic rings. The molecule has 0 fully saturated rings. The van der Waals surface area contributed by atoms with Crippen LogP contribution in [-0.4, -0.2) is 36.0 Å². The third-order valence-corrected chi connectivity index (χ3v) is 4.31. The highest BCUT2D eigenvalue weighted by Crippen LogP contribution is 2.20. The highest BCUT2D eigenvalue weighted by atomic mass is 32.2. The normalized spacial score (nSPS) is 10.7. The average molecular weight is 400 g/mol. The van der Waals surface area contributed by atoms with Gasteiger partial charge in [0.1, 0.15) is 11.5 Å². The van der Waals surface area contributed by atoms with Gasteiger partial charge in [-0.25, -0.2) is 0 Å². The van der Waals surface area contributed by atoms with E-state index >= 15 is 0 Å². The van der Waals surface area contributed by atoms with Crippen molar-refractivity contribution >= 4 is 29.3 Å². The number of ether oxygens (including phenoxy) is 2. The first-order valence-electron chi connectivity index (χ1n) is 7.85. The molecule has 0 atom stereocenters. The molecule has 0 bridgehead atoms. The lowest BCUT2D eigenvalue weighted by atomic mass is 10.2. The van der Waals surface area contributed by atoms with E-state index in [-0.39, 0.29) is 11.5 Å². The smallest absolute Gasteiger partial charge is 0.387 e. The van der Waals surface area contributed by atoms with E-state index in [1.54, 1.807) is 6.92 Å². The summed E-state index contributed by atoms with van der Waals surface area (Å²) >= 11 is 1.33. The predicted molar refractivity (Wildman–Crippen MR) is 94.8 cm³/mol. The van der Waals surface area contributed by atoms with Crippen molar-refractivity contribution < 1.29 is 32.4 Å². The van der Waals surface area contributed by atoms with Crippen LogP contribution in [0.1, 0.15) is 17.0 Å². The Bertz CT molecular complexity index is 761. The Morgan fingerprint density at radius 3 is 2.56 bits per heavy atom. The average Bonchev–Trinajstić information content (AvgIpc) is 2.93. The quantitative estimate of drug-likeness (QED) is 0.646. The van der Waals surface area contributed by atoms with Crippen molar-refractivity contribution in [3.63, 3.8) is 0 Å². The van der Waals surface area contributed by atoms with E-state index < -0.39 is 25.1 Å². The molecule has 0 aliphatic heterocycles. The lowest BCUT2D eigenvalue weighted by Gasteiger charge is -2.08. The summed E-state index contributed by atoms with van der Waals surface area (Å²) in [5.41, 5.74) is 2.08. The molecule has 1 aromatic heterocycles. The standard InChI is InChI=1S/C17H18F2N2O5S/c1-10-14(11(2)26-21-10)8-27-9-16(23)24-7-15(22)20-12-3-5-13(6-4-12)25-17(18)19/h3-6,17H,7-9H2,1-2H3,(H,20,22).